The van der Waals surface area contributed by atoms with Crippen molar-refractivity contribution in [3.05, 3.63) is 71.8 Å². The number of carbonyl (C=O) groups excluding carboxylic acids is 2. The van der Waals surface area contributed by atoms with E-state index in [1.54, 1.807) is 0 Å². The minimum absolute atomic E-state index is 0.0228. The molecule has 0 bridgehead atoms. The van der Waals surface area contributed by atoms with Crippen molar-refractivity contribution in [1.29, 1.82) is 0 Å². The van der Waals surface area contributed by atoms with Crippen LogP contribution in [0.3, 0.4) is 0 Å². The van der Waals surface area contributed by atoms with Crippen LogP contribution >= 0.6 is 0 Å². The fourth-order valence-electron chi connectivity index (χ4n) is 3.51. The van der Waals surface area contributed by atoms with Crippen LogP contribution in [-0.2, 0) is 22.7 Å². The Labute approximate surface area is 161 Å². The average Bonchev–Trinajstić information content (AvgIpc) is 3.53. The largest absolute Gasteiger partial charge is 0.338 e. The topological polar surface area (TPSA) is 40.6 Å². The highest BCUT2D eigenvalue weighted by Gasteiger charge is 2.59. The highest BCUT2D eigenvalue weighted by atomic mass is 16.2. The molecule has 2 aromatic rings. The smallest absolute Gasteiger partial charge is 0.238 e. The van der Waals surface area contributed by atoms with E-state index in [1.807, 2.05) is 84.3 Å². The third-order valence-electron chi connectivity index (χ3n) is 5.34. The molecule has 4 nitrogen and oxygen atoms in total. The zero-order chi connectivity index (χ0) is 19.3. The summed E-state index contributed by atoms with van der Waals surface area (Å²) < 4.78 is 0. The van der Waals surface area contributed by atoms with Crippen molar-refractivity contribution < 1.29 is 9.59 Å². The van der Waals surface area contributed by atoms with Gasteiger partial charge in [0, 0.05) is 26.2 Å². The van der Waals surface area contributed by atoms with Gasteiger partial charge in [-0.25, -0.2) is 0 Å². The second kappa shape index (κ2) is 8.38. The number of benzene rings is 2. The van der Waals surface area contributed by atoms with Gasteiger partial charge in [0.15, 0.2) is 0 Å². The summed E-state index contributed by atoms with van der Waals surface area (Å²) in [6.07, 6.45) is 1.31. The maximum atomic E-state index is 13.3. The summed E-state index contributed by atoms with van der Waals surface area (Å²) in [5, 5.41) is 0. The molecule has 3 rings (SSSR count). The number of amides is 2. The first-order valence-corrected chi connectivity index (χ1v) is 9.77. The molecule has 0 N–H and O–H groups in total. The van der Waals surface area contributed by atoms with Crippen LogP contribution in [0.15, 0.2) is 60.7 Å². The first kappa shape index (κ1) is 19.2. The first-order chi connectivity index (χ1) is 13.1. The monoisotopic (exact) mass is 364 g/mol. The predicted molar refractivity (Wildman–Crippen MR) is 107 cm³/mol. The lowest BCUT2D eigenvalue weighted by molar-refractivity contribution is -0.150. The van der Waals surface area contributed by atoms with Crippen LogP contribution in [0, 0.1) is 5.41 Å². The zero-order valence-corrected chi connectivity index (χ0v) is 16.2. The van der Waals surface area contributed by atoms with E-state index in [4.69, 9.17) is 0 Å². The molecule has 0 aliphatic heterocycles. The number of rotatable bonds is 8. The number of nitrogens with zero attached hydrogens (tertiary/aromatic N) is 2. The van der Waals surface area contributed by atoms with Crippen LogP contribution in [0.25, 0.3) is 0 Å². The van der Waals surface area contributed by atoms with Crippen LogP contribution < -0.4 is 0 Å². The van der Waals surface area contributed by atoms with Gasteiger partial charge < -0.3 is 9.80 Å². The number of hydrogen-bond donors (Lipinski definition) is 0. The Morgan fingerprint density at radius 2 is 1.11 bits per heavy atom. The van der Waals surface area contributed by atoms with Crippen molar-refractivity contribution in [3.63, 3.8) is 0 Å². The molecule has 0 aromatic heterocycles. The molecule has 1 saturated carbocycles. The molecule has 0 heterocycles. The summed E-state index contributed by atoms with van der Waals surface area (Å²) in [6, 6.07) is 19.9. The lowest BCUT2D eigenvalue weighted by atomic mass is 10.0. The van der Waals surface area contributed by atoms with Gasteiger partial charge in [0.1, 0.15) is 5.41 Å². The Kier molecular flexibility index (Phi) is 5.94. The number of carbonyl (C=O) groups is 2. The average molecular weight is 364 g/mol. The van der Waals surface area contributed by atoms with Gasteiger partial charge in [0.25, 0.3) is 0 Å². The standard InChI is InChI=1S/C23H28N2O2/c1-3-24(17-19-11-7-5-8-12-19)21(26)23(15-16-23)22(27)25(4-2)18-20-13-9-6-10-14-20/h5-14H,3-4,15-18H2,1-2H3. The molecule has 2 amide bonds. The highest BCUT2D eigenvalue weighted by molar-refractivity contribution is 6.07. The molecule has 1 fully saturated rings. The van der Waals surface area contributed by atoms with Gasteiger partial charge in [-0.2, -0.15) is 0 Å². The van der Waals surface area contributed by atoms with Crippen molar-refractivity contribution in [2.75, 3.05) is 13.1 Å². The lowest BCUT2D eigenvalue weighted by Gasteiger charge is -2.30. The van der Waals surface area contributed by atoms with Crippen LogP contribution in [0.2, 0.25) is 0 Å². The maximum Gasteiger partial charge on any atom is 0.238 e. The summed E-state index contributed by atoms with van der Waals surface area (Å²) in [4.78, 5) is 30.1. The van der Waals surface area contributed by atoms with E-state index in [1.165, 1.54) is 0 Å². The molecule has 142 valence electrons. The molecular formula is C23H28N2O2. The van der Waals surface area contributed by atoms with Crippen molar-refractivity contribution in [3.8, 4) is 0 Å². The molecule has 1 aliphatic carbocycles. The van der Waals surface area contributed by atoms with Gasteiger partial charge >= 0.3 is 0 Å². The lowest BCUT2D eigenvalue weighted by Crippen LogP contribution is -2.46. The first-order valence-electron chi connectivity index (χ1n) is 9.77. The summed E-state index contributed by atoms with van der Waals surface area (Å²) in [7, 11) is 0. The van der Waals surface area contributed by atoms with Crippen LogP contribution in [0.1, 0.15) is 37.8 Å². The third kappa shape index (κ3) is 4.21. The molecule has 0 spiro atoms. The van der Waals surface area contributed by atoms with E-state index in [0.717, 1.165) is 11.1 Å². The summed E-state index contributed by atoms with van der Waals surface area (Å²) >= 11 is 0. The minimum Gasteiger partial charge on any atom is -0.338 e. The van der Waals surface area contributed by atoms with Crippen molar-refractivity contribution >= 4 is 11.8 Å². The normalized spacial score (nSPS) is 14.4. The fraction of sp³-hybridized carbons (Fsp3) is 0.391. The Balaban J connectivity index is 1.73. The van der Waals surface area contributed by atoms with Gasteiger partial charge in [0.05, 0.1) is 0 Å². The summed E-state index contributed by atoms with van der Waals surface area (Å²) in [6.45, 7) is 6.26. The van der Waals surface area contributed by atoms with Gasteiger partial charge in [-0.3, -0.25) is 9.59 Å². The van der Waals surface area contributed by atoms with E-state index < -0.39 is 5.41 Å². The van der Waals surface area contributed by atoms with E-state index >= 15 is 0 Å². The van der Waals surface area contributed by atoms with Crippen LogP contribution in [0.5, 0.6) is 0 Å². The molecular weight excluding hydrogens is 336 g/mol. The van der Waals surface area contributed by atoms with Crippen molar-refractivity contribution in [2.45, 2.75) is 39.8 Å². The zero-order valence-electron chi connectivity index (χ0n) is 16.2. The van der Waals surface area contributed by atoms with Gasteiger partial charge in [-0.05, 0) is 37.8 Å². The Hall–Kier alpha value is -2.62. The number of hydrogen-bond acceptors (Lipinski definition) is 2. The second-order valence-corrected chi connectivity index (χ2v) is 7.19. The predicted octanol–water partition coefficient (Wildman–Crippen LogP) is 3.86. The van der Waals surface area contributed by atoms with Crippen molar-refractivity contribution in [2.24, 2.45) is 5.41 Å². The van der Waals surface area contributed by atoms with Gasteiger partial charge in [-0.15, -0.1) is 0 Å². The Morgan fingerprint density at radius 1 is 0.741 bits per heavy atom. The summed E-state index contributed by atoms with van der Waals surface area (Å²) in [5.74, 6) is -0.0456. The third-order valence-corrected chi connectivity index (χ3v) is 5.34. The minimum atomic E-state index is -0.852. The fourth-order valence-corrected chi connectivity index (χ4v) is 3.51. The van der Waals surface area contributed by atoms with Crippen LogP contribution in [0.4, 0.5) is 0 Å². The molecule has 4 heteroatoms. The molecule has 0 unspecified atom stereocenters. The van der Waals surface area contributed by atoms with Gasteiger partial charge in [0.2, 0.25) is 11.8 Å². The van der Waals surface area contributed by atoms with E-state index in [2.05, 4.69) is 0 Å². The van der Waals surface area contributed by atoms with E-state index in [0.29, 0.717) is 39.0 Å². The summed E-state index contributed by atoms with van der Waals surface area (Å²) in [5.41, 5.74) is 1.33. The molecule has 1 aliphatic rings. The van der Waals surface area contributed by atoms with E-state index in [9.17, 15) is 9.59 Å². The Morgan fingerprint density at radius 3 is 1.41 bits per heavy atom. The van der Waals surface area contributed by atoms with Gasteiger partial charge in [-0.1, -0.05) is 60.7 Å². The Bertz CT molecular complexity index is 706. The van der Waals surface area contributed by atoms with E-state index in [-0.39, 0.29) is 11.8 Å². The van der Waals surface area contributed by atoms with Crippen LogP contribution in [-0.4, -0.2) is 34.7 Å². The molecule has 2 aromatic carbocycles. The molecule has 0 atom stereocenters. The maximum absolute atomic E-state index is 13.3. The SMILES string of the molecule is CCN(Cc1ccccc1)C(=O)C1(C(=O)N(CC)Cc2ccccc2)CC1. The second-order valence-electron chi connectivity index (χ2n) is 7.19. The van der Waals surface area contributed by atoms with Crippen molar-refractivity contribution in [1.82, 2.24) is 9.80 Å². The molecule has 0 radical (unpaired) electrons. The molecule has 0 saturated heterocycles. The molecule has 27 heavy (non-hydrogen) atoms. The highest BCUT2D eigenvalue weighted by Crippen LogP contribution is 2.49. The quantitative estimate of drug-likeness (QED) is 0.667.